The first-order chi connectivity index (χ1) is 7.07. The predicted octanol–water partition coefficient (Wildman–Crippen LogP) is 2.21. The molecule has 0 aromatic heterocycles. The Labute approximate surface area is 94.1 Å². The van der Waals surface area contributed by atoms with Crippen molar-refractivity contribution in [3.05, 3.63) is 24.3 Å². The van der Waals surface area contributed by atoms with Gasteiger partial charge in [0, 0.05) is 29.5 Å². The number of nitrogens with zero attached hydrogens (tertiary/aromatic N) is 1. The Bertz CT molecular complexity index is 452. The number of benzene rings is 1. The molecule has 0 aliphatic carbocycles. The van der Waals surface area contributed by atoms with E-state index in [1.54, 1.807) is 12.1 Å². The van der Waals surface area contributed by atoms with Crippen LogP contribution in [-0.2, 0) is 9.05 Å². The maximum atomic E-state index is 11.1. The van der Waals surface area contributed by atoms with Crippen molar-refractivity contribution in [1.82, 2.24) is 0 Å². The third kappa shape index (κ3) is 2.44. The largest absolute Gasteiger partial charge is 0.371 e. The summed E-state index contributed by atoms with van der Waals surface area (Å²) in [6, 6.07) is 6.79. The summed E-state index contributed by atoms with van der Waals surface area (Å²) in [5.41, 5.74) is 0.939. The second-order valence-corrected chi connectivity index (χ2v) is 6.20. The average Bonchev–Trinajstić information content (AvgIpc) is 2.69. The standard InChI is InChI=1S/C10H12ClNO2S/c11-15(13,14)10-5-3-4-9(8-10)12-6-1-2-7-12/h3-5,8H,1-2,6-7H2. The summed E-state index contributed by atoms with van der Waals surface area (Å²) in [6.45, 7) is 1.98. The molecule has 1 aromatic carbocycles. The highest BCUT2D eigenvalue weighted by Gasteiger charge is 2.15. The van der Waals surface area contributed by atoms with Crippen molar-refractivity contribution in [1.29, 1.82) is 0 Å². The minimum absolute atomic E-state index is 0.175. The van der Waals surface area contributed by atoms with E-state index in [9.17, 15) is 8.42 Å². The molecular weight excluding hydrogens is 234 g/mol. The molecule has 1 fully saturated rings. The highest BCUT2D eigenvalue weighted by molar-refractivity contribution is 8.13. The van der Waals surface area contributed by atoms with Crippen LogP contribution in [0.2, 0.25) is 0 Å². The molecule has 0 spiro atoms. The van der Waals surface area contributed by atoms with E-state index in [4.69, 9.17) is 10.7 Å². The predicted molar refractivity (Wildman–Crippen MR) is 60.9 cm³/mol. The molecular formula is C10H12ClNO2S. The van der Waals surface area contributed by atoms with Gasteiger partial charge in [-0.1, -0.05) is 6.07 Å². The molecule has 0 N–H and O–H groups in total. The van der Waals surface area contributed by atoms with Crippen molar-refractivity contribution in [2.24, 2.45) is 0 Å². The SMILES string of the molecule is O=S(=O)(Cl)c1cccc(N2CCCC2)c1. The van der Waals surface area contributed by atoms with Gasteiger partial charge in [-0.3, -0.25) is 0 Å². The van der Waals surface area contributed by atoms with Crippen molar-refractivity contribution < 1.29 is 8.42 Å². The van der Waals surface area contributed by atoms with Crippen LogP contribution in [0.3, 0.4) is 0 Å². The number of hydrogen-bond donors (Lipinski definition) is 0. The molecule has 15 heavy (non-hydrogen) atoms. The summed E-state index contributed by atoms with van der Waals surface area (Å²) in [5, 5.41) is 0. The van der Waals surface area contributed by atoms with E-state index in [2.05, 4.69) is 4.90 Å². The highest BCUT2D eigenvalue weighted by atomic mass is 35.7. The zero-order valence-corrected chi connectivity index (χ0v) is 9.76. The summed E-state index contributed by atoms with van der Waals surface area (Å²) >= 11 is 0. The summed E-state index contributed by atoms with van der Waals surface area (Å²) in [4.78, 5) is 2.35. The molecule has 3 nitrogen and oxygen atoms in total. The number of anilines is 1. The normalized spacial score (nSPS) is 17.0. The monoisotopic (exact) mass is 245 g/mol. The second kappa shape index (κ2) is 4.02. The van der Waals surface area contributed by atoms with Crippen molar-refractivity contribution in [2.45, 2.75) is 17.7 Å². The van der Waals surface area contributed by atoms with Crippen molar-refractivity contribution in [3.8, 4) is 0 Å². The Kier molecular flexibility index (Phi) is 2.89. The van der Waals surface area contributed by atoms with E-state index in [-0.39, 0.29) is 4.90 Å². The van der Waals surface area contributed by atoms with Crippen LogP contribution in [0.15, 0.2) is 29.2 Å². The van der Waals surface area contributed by atoms with E-state index in [1.807, 2.05) is 6.07 Å². The van der Waals surface area contributed by atoms with E-state index < -0.39 is 9.05 Å². The Morgan fingerprint density at radius 1 is 1.20 bits per heavy atom. The molecule has 1 heterocycles. The van der Waals surface area contributed by atoms with Gasteiger partial charge in [-0.15, -0.1) is 0 Å². The minimum Gasteiger partial charge on any atom is -0.371 e. The summed E-state index contributed by atoms with van der Waals surface area (Å²) < 4.78 is 22.3. The van der Waals surface area contributed by atoms with Gasteiger partial charge in [0.1, 0.15) is 0 Å². The van der Waals surface area contributed by atoms with Crippen molar-refractivity contribution in [2.75, 3.05) is 18.0 Å². The first-order valence-corrected chi connectivity index (χ1v) is 7.18. The molecule has 0 unspecified atom stereocenters. The molecule has 2 rings (SSSR count). The topological polar surface area (TPSA) is 37.4 Å². The maximum Gasteiger partial charge on any atom is 0.261 e. The van der Waals surface area contributed by atoms with E-state index in [0.717, 1.165) is 31.6 Å². The molecule has 82 valence electrons. The van der Waals surface area contributed by atoms with Gasteiger partial charge < -0.3 is 4.90 Å². The first kappa shape index (κ1) is 10.8. The quantitative estimate of drug-likeness (QED) is 0.750. The molecule has 5 heteroatoms. The van der Waals surface area contributed by atoms with Gasteiger partial charge >= 0.3 is 0 Å². The fourth-order valence-electron chi connectivity index (χ4n) is 1.81. The first-order valence-electron chi connectivity index (χ1n) is 4.87. The van der Waals surface area contributed by atoms with E-state index in [0.29, 0.717) is 0 Å². The Morgan fingerprint density at radius 2 is 1.87 bits per heavy atom. The Morgan fingerprint density at radius 3 is 2.47 bits per heavy atom. The Balaban J connectivity index is 2.34. The fourth-order valence-corrected chi connectivity index (χ4v) is 2.60. The molecule has 0 radical (unpaired) electrons. The van der Waals surface area contributed by atoms with Crippen LogP contribution >= 0.6 is 10.7 Å². The van der Waals surface area contributed by atoms with Crippen LogP contribution in [0, 0.1) is 0 Å². The van der Waals surface area contributed by atoms with Crippen LogP contribution < -0.4 is 4.90 Å². The van der Waals surface area contributed by atoms with Crippen molar-refractivity contribution in [3.63, 3.8) is 0 Å². The lowest BCUT2D eigenvalue weighted by atomic mass is 10.3. The number of halogens is 1. The summed E-state index contributed by atoms with van der Waals surface area (Å²) in [7, 11) is 1.68. The molecule has 1 saturated heterocycles. The molecule has 0 bridgehead atoms. The van der Waals surface area contributed by atoms with Gasteiger partial charge in [-0.2, -0.15) is 0 Å². The maximum absolute atomic E-state index is 11.1. The molecule has 1 aliphatic rings. The average molecular weight is 246 g/mol. The van der Waals surface area contributed by atoms with Gasteiger partial charge in [-0.05, 0) is 31.0 Å². The molecule has 1 aromatic rings. The molecule has 0 saturated carbocycles. The lowest BCUT2D eigenvalue weighted by molar-refractivity contribution is 0.609. The van der Waals surface area contributed by atoms with Gasteiger partial charge in [-0.25, -0.2) is 8.42 Å². The smallest absolute Gasteiger partial charge is 0.261 e. The van der Waals surface area contributed by atoms with Crippen LogP contribution in [-0.4, -0.2) is 21.5 Å². The molecule has 0 amide bonds. The zero-order chi connectivity index (χ0) is 10.9. The highest BCUT2D eigenvalue weighted by Crippen LogP contribution is 2.24. The summed E-state index contributed by atoms with van der Waals surface area (Å²) in [5.74, 6) is 0. The van der Waals surface area contributed by atoms with Gasteiger partial charge in [0.15, 0.2) is 0 Å². The lowest BCUT2D eigenvalue weighted by Gasteiger charge is -2.17. The zero-order valence-electron chi connectivity index (χ0n) is 8.19. The fraction of sp³-hybridized carbons (Fsp3) is 0.400. The van der Waals surface area contributed by atoms with Gasteiger partial charge in [0.25, 0.3) is 9.05 Å². The van der Waals surface area contributed by atoms with Crippen LogP contribution in [0.1, 0.15) is 12.8 Å². The van der Waals surface area contributed by atoms with Crippen LogP contribution in [0.25, 0.3) is 0 Å². The van der Waals surface area contributed by atoms with Gasteiger partial charge in [0.05, 0.1) is 4.90 Å². The number of hydrogen-bond acceptors (Lipinski definition) is 3. The van der Waals surface area contributed by atoms with E-state index in [1.165, 1.54) is 6.07 Å². The molecule has 1 aliphatic heterocycles. The number of rotatable bonds is 2. The molecule has 0 atom stereocenters. The van der Waals surface area contributed by atoms with E-state index >= 15 is 0 Å². The van der Waals surface area contributed by atoms with Crippen LogP contribution in [0.5, 0.6) is 0 Å². The third-order valence-corrected chi connectivity index (χ3v) is 3.92. The summed E-state index contributed by atoms with van der Waals surface area (Å²) in [6.07, 6.45) is 2.33. The van der Waals surface area contributed by atoms with Crippen molar-refractivity contribution >= 4 is 25.4 Å². The minimum atomic E-state index is -3.61. The Hall–Kier alpha value is -0.740. The van der Waals surface area contributed by atoms with Crippen LogP contribution in [0.4, 0.5) is 5.69 Å². The van der Waals surface area contributed by atoms with Gasteiger partial charge in [0.2, 0.25) is 0 Å². The third-order valence-electron chi connectivity index (χ3n) is 2.57. The lowest BCUT2D eigenvalue weighted by Crippen LogP contribution is -2.17. The second-order valence-electron chi connectivity index (χ2n) is 3.63.